The molecular weight excluding hydrogens is 503 g/mol. The highest BCUT2D eigenvalue weighted by Crippen LogP contribution is 2.31. The first-order valence-corrected chi connectivity index (χ1v) is 13.7. The number of halogens is 1. The van der Waals surface area contributed by atoms with Gasteiger partial charge in [-0.1, -0.05) is 12.1 Å². The molecule has 7 nitrogen and oxygen atoms in total. The third-order valence-corrected chi connectivity index (χ3v) is 7.79. The molecule has 0 saturated carbocycles. The first-order chi connectivity index (χ1) is 18.5. The van der Waals surface area contributed by atoms with Crippen molar-refractivity contribution in [1.29, 1.82) is 0 Å². The van der Waals surface area contributed by atoms with Gasteiger partial charge < -0.3 is 19.6 Å². The van der Waals surface area contributed by atoms with Gasteiger partial charge in [0, 0.05) is 49.8 Å². The number of pyridine rings is 1. The van der Waals surface area contributed by atoms with Crippen LogP contribution < -0.4 is 9.64 Å². The van der Waals surface area contributed by atoms with E-state index in [1.165, 1.54) is 23.5 Å². The summed E-state index contributed by atoms with van der Waals surface area (Å²) in [4.78, 5) is 27.3. The number of nitrogens with zero attached hydrogens (tertiary/aromatic N) is 4. The zero-order valence-electron chi connectivity index (χ0n) is 21.3. The Balaban J connectivity index is 1.51. The van der Waals surface area contributed by atoms with Crippen molar-refractivity contribution in [2.45, 2.75) is 25.8 Å². The van der Waals surface area contributed by atoms with E-state index in [1.807, 2.05) is 23.1 Å². The Hall–Kier alpha value is -3.56. The van der Waals surface area contributed by atoms with Crippen LogP contribution in [0.2, 0.25) is 0 Å². The van der Waals surface area contributed by atoms with Gasteiger partial charge in [-0.15, -0.1) is 11.3 Å². The van der Waals surface area contributed by atoms with E-state index in [0.717, 1.165) is 53.0 Å². The van der Waals surface area contributed by atoms with Crippen molar-refractivity contribution in [2.24, 2.45) is 5.92 Å². The van der Waals surface area contributed by atoms with E-state index in [4.69, 9.17) is 9.72 Å². The maximum atomic E-state index is 13.6. The highest BCUT2D eigenvalue weighted by molar-refractivity contribution is 7.11. The zero-order valence-corrected chi connectivity index (χ0v) is 22.2. The summed E-state index contributed by atoms with van der Waals surface area (Å²) in [6, 6.07) is 14.3. The molecule has 38 heavy (non-hydrogen) atoms. The Labute approximate surface area is 225 Å². The summed E-state index contributed by atoms with van der Waals surface area (Å²) in [5.74, 6) is 1.37. The third-order valence-electron chi connectivity index (χ3n) is 7.03. The number of thiazole rings is 1. The van der Waals surface area contributed by atoms with Gasteiger partial charge in [-0.25, -0.2) is 9.37 Å². The standard InChI is InChI=1S/C29H31FN4O3S/c1-37-25-9-6-22-13-23(28(32-26(22)14-25)33-11-2-3-21(16-33)18-35)17-34(29(36)27-15-31-19-38-27)12-10-20-4-7-24(30)8-5-20/h4-9,13-15,19,21,35H,2-3,10-12,16-18H2,1H3. The van der Waals surface area contributed by atoms with E-state index in [9.17, 15) is 14.3 Å². The van der Waals surface area contributed by atoms with Crippen LogP contribution in [0.25, 0.3) is 10.9 Å². The number of benzene rings is 2. The molecule has 4 aromatic rings. The molecule has 1 amide bonds. The number of hydrogen-bond donors (Lipinski definition) is 1. The number of amides is 1. The van der Waals surface area contributed by atoms with Crippen LogP contribution in [0.4, 0.5) is 10.2 Å². The number of carbonyl (C=O) groups is 1. The molecule has 3 heterocycles. The molecule has 1 aliphatic rings. The molecule has 0 spiro atoms. The van der Waals surface area contributed by atoms with Gasteiger partial charge in [0.2, 0.25) is 0 Å². The van der Waals surface area contributed by atoms with Crippen molar-refractivity contribution < 1.29 is 19.0 Å². The Bertz CT molecular complexity index is 1380. The number of rotatable bonds is 9. The Kier molecular flexibility index (Phi) is 8.14. The smallest absolute Gasteiger partial charge is 0.265 e. The molecule has 1 unspecified atom stereocenters. The number of aliphatic hydroxyl groups excluding tert-OH is 1. The molecule has 1 saturated heterocycles. The summed E-state index contributed by atoms with van der Waals surface area (Å²) in [6.07, 6.45) is 4.14. The number of carbonyl (C=O) groups excluding carboxylic acids is 1. The number of piperidine rings is 1. The largest absolute Gasteiger partial charge is 0.497 e. The van der Waals surface area contributed by atoms with Gasteiger partial charge in [0.15, 0.2) is 0 Å². The summed E-state index contributed by atoms with van der Waals surface area (Å²) in [5, 5.41) is 10.8. The van der Waals surface area contributed by atoms with E-state index in [1.54, 1.807) is 30.9 Å². The van der Waals surface area contributed by atoms with E-state index in [2.05, 4.69) is 16.0 Å². The Morgan fingerprint density at radius 3 is 2.82 bits per heavy atom. The first-order valence-electron chi connectivity index (χ1n) is 12.8. The summed E-state index contributed by atoms with van der Waals surface area (Å²) in [5.41, 5.74) is 4.38. The second-order valence-electron chi connectivity index (χ2n) is 9.64. The van der Waals surface area contributed by atoms with E-state index in [-0.39, 0.29) is 24.2 Å². The predicted octanol–water partition coefficient (Wildman–Crippen LogP) is 4.93. The molecule has 1 N–H and O–H groups in total. The topological polar surface area (TPSA) is 78.8 Å². The van der Waals surface area contributed by atoms with Crippen molar-refractivity contribution in [2.75, 3.05) is 38.3 Å². The van der Waals surface area contributed by atoms with Crippen LogP contribution in [0.15, 0.2) is 60.2 Å². The quantitative estimate of drug-likeness (QED) is 0.328. The Morgan fingerprint density at radius 2 is 2.08 bits per heavy atom. The zero-order chi connectivity index (χ0) is 26.5. The monoisotopic (exact) mass is 534 g/mol. The highest BCUT2D eigenvalue weighted by atomic mass is 32.1. The van der Waals surface area contributed by atoms with Gasteiger partial charge in [-0.3, -0.25) is 9.78 Å². The van der Waals surface area contributed by atoms with Crippen LogP contribution in [-0.4, -0.2) is 59.2 Å². The maximum absolute atomic E-state index is 13.6. The highest BCUT2D eigenvalue weighted by Gasteiger charge is 2.25. The van der Waals surface area contributed by atoms with Gasteiger partial charge in [0.25, 0.3) is 5.91 Å². The average Bonchev–Trinajstić information content (AvgIpc) is 3.50. The molecule has 1 fully saturated rings. The van der Waals surface area contributed by atoms with Crippen LogP contribution in [0.3, 0.4) is 0 Å². The Morgan fingerprint density at radius 1 is 1.24 bits per heavy atom. The van der Waals surface area contributed by atoms with Crippen LogP contribution >= 0.6 is 11.3 Å². The lowest BCUT2D eigenvalue weighted by Gasteiger charge is -2.35. The molecule has 0 aliphatic carbocycles. The maximum Gasteiger partial charge on any atom is 0.265 e. The third kappa shape index (κ3) is 5.95. The number of aliphatic hydroxyl groups is 1. The minimum atomic E-state index is -0.280. The first kappa shape index (κ1) is 26.1. The van der Waals surface area contributed by atoms with Crippen molar-refractivity contribution in [1.82, 2.24) is 14.9 Å². The van der Waals surface area contributed by atoms with Crippen LogP contribution in [0.1, 0.15) is 33.6 Å². The fourth-order valence-corrected chi connectivity index (χ4v) is 5.54. The molecule has 0 radical (unpaired) electrons. The SMILES string of the molecule is COc1ccc2cc(CN(CCc3ccc(F)cc3)C(=O)c3cncs3)c(N3CCCC(CO)C3)nc2c1. The lowest BCUT2D eigenvalue weighted by molar-refractivity contribution is 0.0750. The molecule has 2 aromatic carbocycles. The summed E-state index contributed by atoms with van der Waals surface area (Å²) < 4.78 is 18.9. The summed E-state index contributed by atoms with van der Waals surface area (Å²) in [6.45, 7) is 2.51. The number of fused-ring (bicyclic) bond motifs is 1. The molecule has 1 aliphatic heterocycles. The molecule has 0 bridgehead atoms. The van der Waals surface area contributed by atoms with Crippen LogP contribution in [0.5, 0.6) is 5.75 Å². The van der Waals surface area contributed by atoms with Gasteiger partial charge in [0.05, 0.1) is 24.3 Å². The van der Waals surface area contributed by atoms with E-state index < -0.39 is 0 Å². The van der Waals surface area contributed by atoms with Crippen molar-refractivity contribution in [3.8, 4) is 5.75 Å². The number of methoxy groups -OCH3 is 1. The normalized spacial score (nSPS) is 15.6. The summed E-state index contributed by atoms with van der Waals surface area (Å²) in [7, 11) is 1.64. The van der Waals surface area contributed by atoms with E-state index >= 15 is 0 Å². The minimum absolute atomic E-state index is 0.0951. The molecule has 2 aromatic heterocycles. The number of anilines is 1. The lowest BCUT2D eigenvalue weighted by atomic mass is 9.98. The fourth-order valence-electron chi connectivity index (χ4n) is 4.95. The number of aromatic nitrogens is 2. The minimum Gasteiger partial charge on any atom is -0.497 e. The van der Waals surface area contributed by atoms with Crippen LogP contribution in [0, 0.1) is 11.7 Å². The van der Waals surface area contributed by atoms with Gasteiger partial charge in [-0.05, 0) is 61.1 Å². The van der Waals surface area contributed by atoms with Crippen LogP contribution in [-0.2, 0) is 13.0 Å². The molecule has 1 atom stereocenters. The van der Waals surface area contributed by atoms with Gasteiger partial charge in [0.1, 0.15) is 22.3 Å². The van der Waals surface area contributed by atoms with Crippen molar-refractivity contribution >= 4 is 34.0 Å². The molecule has 198 valence electrons. The van der Waals surface area contributed by atoms with Gasteiger partial charge >= 0.3 is 0 Å². The molecular formula is C29H31FN4O3S. The average molecular weight is 535 g/mol. The molecule has 5 rings (SSSR count). The fraction of sp³-hybridized carbons (Fsp3) is 0.345. The van der Waals surface area contributed by atoms with Crippen molar-refractivity contribution in [3.05, 3.63) is 82.1 Å². The van der Waals surface area contributed by atoms with Gasteiger partial charge in [-0.2, -0.15) is 0 Å². The lowest BCUT2D eigenvalue weighted by Crippen LogP contribution is -2.39. The summed E-state index contributed by atoms with van der Waals surface area (Å²) >= 11 is 1.32. The number of ether oxygens (including phenoxy) is 1. The van der Waals surface area contributed by atoms with E-state index in [0.29, 0.717) is 30.9 Å². The second kappa shape index (κ2) is 11.9. The second-order valence-corrected chi connectivity index (χ2v) is 10.5. The predicted molar refractivity (Wildman–Crippen MR) is 147 cm³/mol. The molecule has 9 heteroatoms. The number of hydrogen-bond acceptors (Lipinski definition) is 7. The van der Waals surface area contributed by atoms with Crippen molar-refractivity contribution in [3.63, 3.8) is 0 Å².